The van der Waals surface area contributed by atoms with E-state index < -0.39 is 6.04 Å². The van der Waals surface area contributed by atoms with E-state index in [1.54, 1.807) is 12.1 Å². The normalized spacial score (nSPS) is 15.5. The molecule has 8 nitrogen and oxygen atoms in total. The molecule has 3 amide bonds. The molecule has 1 unspecified atom stereocenters. The average molecular weight is 390 g/mol. The van der Waals surface area contributed by atoms with Gasteiger partial charge in [0.1, 0.15) is 5.75 Å². The third kappa shape index (κ3) is 7.19. The van der Waals surface area contributed by atoms with Crippen LogP contribution in [0.25, 0.3) is 0 Å². The second-order valence-corrected chi connectivity index (χ2v) is 7.48. The monoisotopic (exact) mass is 390 g/mol. The van der Waals surface area contributed by atoms with E-state index in [2.05, 4.69) is 16.0 Å². The predicted molar refractivity (Wildman–Crippen MR) is 105 cm³/mol. The van der Waals surface area contributed by atoms with E-state index in [-0.39, 0.29) is 42.8 Å². The summed E-state index contributed by atoms with van der Waals surface area (Å²) in [6.45, 7) is 5.40. The molecule has 2 rings (SSSR count). The first kappa shape index (κ1) is 21.7. The van der Waals surface area contributed by atoms with Gasteiger partial charge >= 0.3 is 0 Å². The van der Waals surface area contributed by atoms with Gasteiger partial charge in [-0.15, -0.1) is 0 Å². The molecule has 0 heterocycles. The van der Waals surface area contributed by atoms with Crippen molar-refractivity contribution in [2.45, 2.75) is 51.7 Å². The average Bonchev–Trinajstić information content (AvgIpc) is 3.48. The molecule has 8 heteroatoms. The van der Waals surface area contributed by atoms with Crippen molar-refractivity contribution in [3.05, 3.63) is 29.8 Å². The van der Waals surface area contributed by atoms with E-state index in [1.165, 1.54) is 0 Å². The van der Waals surface area contributed by atoms with Gasteiger partial charge in [-0.05, 0) is 43.4 Å². The smallest absolute Gasteiger partial charge is 0.258 e. The number of hydrogen-bond donors (Lipinski definition) is 4. The topological polar surface area (TPSA) is 123 Å². The Balaban J connectivity index is 1.73. The highest BCUT2D eigenvalue weighted by Gasteiger charge is 2.23. The first-order valence-electron chi connectivity index (χ1n) is 9.61. The van der Waals surface area contributed by atoms with Gasteiger partial charge in [-0.3, -0.25) is 14.4 Å². The number of rotatable bonds is 10. The molecule has 0 radical (unpaired) electrons. The number of ether oxygens (including phenoxy) is 1. The number of carbonyl (C=O) groups is 3. The maximum absolute atomic E-state index is 12.0. The van der Waals surface area contributed by atoms with Crippen molar-refractivity contribution in [2.24, 2.45) is 11.7 Å². The summed E-state index contributed by atoms with van der Waals surface area (Å²) < 4.78 is 5.46. The SMILES string of the molecule is CC(NC(=O)CNC(=O)[C@@H](N)C(C)C)c1ccc(OCC(=O)NC2CC2)cc1. The molecule has 1 aliphatic rings. The summed E-state index contributed by atoms with van der Waals surface area (Å²) in [6, 6.07) is 6.60. The number of nitrogens with one attached hydrogen (secondary N) is 3. The summed E-state index contributed by atoms with van der Waals surface area (Å²) in [5, 5.41) is 8.22. The lowest BCUT2D eigenvalue weighted by molar-refractivity contribution is -0.127. The molecular formula is C20H30N4O4. The summed E-state index contributed by atoms with van der Waals surface area (Å²) in [4.78, 5) is 35.5. The molecule has 1 aromatic carbocycles. The van der Waals surface area contributed by atoms with Crippen LogP contribution in [-0.4, -0.2) is 43.0 Å². The van der Waals surface area contributed by atoms with Crippen LogP contribution < -0.4 is 26.4 Å². The van der Waals surface area contributed by atoms with Crippen LogP contribution in [-0.2, 0) is 14.4 Å². The zero-order chi connectivity index (χ0) is 20.7. The second kappa shape index (κ2) is 10.1. The molecule has 28 heavy (non-hydrogen) atoms. The van der Waals surface area contributed by atoms with Crippen LogP contribution in [0, 0.1) is 5.92 Å². The van der Waals surface area contributed by atoms with Gasteiger partial charge in [0.2, 0.25) is 11.8 Å². The summed E-state index contributed by atoms with van der Waals surface area (Å²) in [6.07, 6.45) is 2.08. The van der Waals surface area contributed by atoms with Crippen molar-refractivity contribution in [1.82, 2.24) is 16.0 Å². The molecule has 2 atom stereocenters. The molecule has 0 saturated heterocycles. The van der Waals surface area contributed by atoms with Gasteiger partial charge < -0.3 is 26.4 Å². The lowest BCUT2D eigenvalue weighted by Gasteiger charge is -2.17. The fourth-order valence-electron chi connectivity index (χ4n) is 2.46. The van der Waals surface area contributed by atoms with Gasteiger partial charge in [0.05, 0.1) is 18.6 Å². The van der Waals surface area contributed by atoms with Crippen molar-refractivity contribution < 1.29 is 19.1 Å². The molecule has 1 aliphatic carbocycles. The van der Waals surface area contributed by atoms with E-state index in [4.69, 9.17) is 10.5 Å². The Morgan fingerprint density at radius 3 is 2.32 bits per heavy atom. The molecule has 5 N–H and O–H groups in total. The lowest BCUT2D eigenvalue weighted by atomic mass is 10.1. The number of hydrogen-bond acceptors (Lipinski definition) is 5. The molecule has 1 saturated carbocycles. The van der Waals surface area contributed by atoms with Crippen LogP contribution in [0.3, 0.4) is 0 Å². The van der Waals surface area contributed by atoms with E-state index in [1.807, 2.05) is 32.9 Å². The minimum Gasteiger partial charge on any atom is -0.484 e. The van der Waals surface area contributed by atoms with Crippen LogP contribution in [0.15, 0.2) is 24.3 Å². The Bertz CT molecular complexity index is 686. The highest BCUT2D eigenvalue weighted by atomic mass is 16.5. The maximum Gasteiger partial charge on any atom is 0.258 e. The first-order chi connectivity index (χ1) is 13.3. The molecule has 0 spiro atoms. The minimum atomic E-state index is -0.635. The van der Waals surface area contributed by atoms with Crippen molar-refractivity contribution in [3.63, 3.8) is 0 Å². The zero-order valence-corrected chi connectivity index (χ0v) is 16.7. The van der Waals surface area contributed by atoms with Crippen molar-refractivity contribution >= 4 is 17.7 Å². The van der Waals surface area contributed by atoms with Gasteiger partial charge in [-0.2, -0.15) is 0 Å². The van der Waals surface area contributed by atoms with Gasteiger partial charge in [0.25, 0.3) is 5.91 Å². The van der Waals surface area contributed by atoms with Gasteiger partial charge in [0, 0.05) is 6.04 Å². The van der Waals surface area contributed by atoms with E-state index >= 15 is 0 Å². The zero-order valence-electron chi connectivity index (χ0n) is 16.7. The Morgan fingerprint density at radius 2 is 1.75 bits per heavy atom. The Labute approximate surface area is 165 Å². The quantitative estimate of drug-likeness (QED) is 0.466. The van der Waals surface area contributed by atoms with Crippen LogP contribution in [0.2, 0.25) is 0 Å². The summed E-state index contributed by atoms with van der Waals surface area (Å²) in [5.74, 6) is -0.170. The Hall–Kier alpha value is -2.61. The molecule has 1 fully saturated rings. The highest BCUT2D eigenvalue weighted by molar-refractivity contribution is 5.87. The minimum absolute atomic E-state index is 0.00231. The summed E-state index contributed by atoms with van der Waals surface area (Å²) in [7, 11) is 0. The van der Waals surface area contributed by atoms with Gasteiger partial charge in [0.15, 0.2) is 6.61 Å². The standard InChI is InChI=1S/C20H30N4O4/c1-12(2)19(21)20(27)22-10-17(25)23-13(3)14-4-8-16(9-5-14)28-11-18(26)24-15-6-7-15/h4-5,8-9,12-13,15,19H,6-7,10-11,21H2,1-3H3,(H,22,27)(H,23,25)(H,24,26)/t13?,19-/m0/s1. The number of amides is 3. The summed E-state index contributed by atoms with van der Waals surface area (Å²) >= 11 is 0. The second-order valence-electron chi connectivity index (χ2n) is 7.48. The molecule has 0 bridgehead atoms. The van der Waals surface area contributed by atoms with Crippen LogP contribution >= 0.6 is 0 Å². The van der Waals surface area contributed by atoms with E-state index in [0.717, 1.165) is 18.4 Å². The number of nitrogens with two attached hydrogens (primary N) is 1. The molecule has 0 aliphatic heterocycles. The van der Waals surface area contributed by atoms with Crippen molar-refractivity contribution in [1.29, 1.82) is 0 Å². The predicted octanol–water partition coefficient (Wildman–Crippen LogP) is 0.621. The van der Waals surface area contributed by atoms with Crippen LogP contribution in [0.1, 0.15) is 45.2 Å². The first-order valence-corrected chi connectivity index (χ1v) is 9.61. The maximum atomic E-state index is 12.0. The Kier molecular flexibility index (Phi) is 7.80. The lowest BCUT2D eigenvalue weighted by Crippen LogP contribution is -2.47. The third-order valence-corrected chi connectivity index (χ3v) is 4.51. The van der Waals surface area contributed by atoms with Crippen molar-refractivity contribution in [2.75, 3.05) is 13.2 Å². The van der Waals surface area contributed by atoms with Gasteiger partial charge in [-0.1, -0.05) is 26.0 Å². The molecule has 0 aromatic heterocycles. The van der Waals surface area contributed by atoms with E-state index in [9.17, 15) is 14.4 Å². The van der Waals surface area contributed by atoms with Gasteiger partial charge in [-0.25, -0.2) is 0 Å². The molecule has 154 valence electrons. The van der Waals surface area contributed by atoms with Crippen molar-refractivity contribution in [3.8, 4) is 5.75 Å². The number of carbonyl (C=O) groups excluding carboxylic acids is 3. The van der Waals surface area contributed by atoms with Crippen LogP contribution in [0.5, 0.6) is 5.75 Å². The Morgan fingerprint density at radius 1 is 1.11 bits per heavy atom. The molecule has 1 aromatic rings. The molecular weight excluding hydrogens is 360 g/mol. The van der Waals surface area contributed by atoms with Crippen LogP contribution in [0.4, 0.5) is 0 Å². The number of benzene rings is 1. The van der Waals surface area contributed by atoms with E-state index in [0.29, 0.717) is 11.8 Å². The third-order valence-electron chi connectivity index (χ3n) is 4.51. The highest BCUT2D eigenvalue weighted by Crippen LogP contribution is 2.19. The fourth-order valence-corrected chi connectivity index (χ4v) is 2.46. The largest absolute Gasteiger partial charge is 0.484 e. The summed E-state index contributed by atoms with van der Waals surface area (Å²) in [5.41, 5.74) is 6.62. The fraction of sp³-hybridized carbons (Fsp3) is 0.550.